The van der Waals surface area contributed by atoms with Crippen molar-refractivity contribution in [1.29, 1.82) is 5.26 Å². The quantitative estimate of drug-likeness (QED) is 0.864. The lowest BCUT2D eigenvalue weighted by Gasteiger charge is -2.33. The number of hydrogen-bond acceptors (Lipinski definition) is 4. The smallest absolute Gasteiger partial charge is 0.260 e. The van der Waals surface area contributed by atoms with Gasteiger partial charge in [-0.15, -0.1) is 0 Å². The highest BCUT2D eigenvalue weighted by atomic mass is 16.5. The topological polar surface area (TPSA) is 73.6 Å². The first-order valence-electron chi connectivity index (χ1n) is 5.91. The van der Waals surface area contributed by atoms with Gasteiger partial charge in [0.05, 0.1) is 23.8 Å². The van der Waals surface area contributed by atoms with Gasteiger partial charge in [-0.3, -0.25) is 4.79 Å². The zero-order valence-electron chi connectivity index (χ0n) is 11.4. The third-order valence-electron chi connectivity index (χ3n) is 3.01. The third kappa shape index (κ3) is 3.97. The predicted octanol–water partition coefficient (Wildman–Crippen LogP) is 1.17. The highest BCUT2D eigenvalue weighted by Crippen LogP contribution is 2.14. The number of nitrogens with zero attached hydrogens (tertiary/aromatic N) is 2. The minimum absolute atomic E-state index is 0.105. The molecule has 1 aromatic rings. The van der Waals surface area contributed by atoms with Gasteiger partial charge in [-0.25, -0.2) is 0 Å². The van der Waals surface area contributed by atoms with Gasteiger partial charge in [-0.1, -0.05) is 0 Å². The lowest BCUT2D eigenvalue weighted by Crippen LogP contribution is -2.49. The molecule has 0 atom stereocenters. The van der Waals surface area contributed by atoms with Crippen molar-refractivity contribution >= 4 is 5.91 Å². The van der Waals surface area contributed by atoms with Crippen molar-refractivity contribution in [3.63, 3.8) is 0 Å². The fraction of sp³-hybridized carbons (Fsp3) is 0.429. The SMILES string of the molecule is CN(C(=O)COc1ccc(C#N)cc1)C(C)(C)CO. The summed E-state index contributed by atoms with van der Waals surface area (Å²) in [6.07, 6.45) is 0. The lowest BCUT2D eigenvalue weighted by molar-refractivity contribution is -0.138. The number of amides is 1. The second kappa shape index (κ2) is 6.21. The second-order valence-corrected chi connectivity index (χ2v) is 4.85. The molecular weight excluding hydrogens is 244 g/mol. The van der Waals surface area contributed by atoms with E-state index in [1.165, 1.54) is 4.90 Å². The number of aliphatic hydroxyl groups is 1. The van der Waals surface area contributed by atoms with Crippen LogP contribution in [0.2, 0.25) is 0 Å². The van der Waals surface area contributed by atoms with Crippen LogP contribution in [0.3, 0.4) is 0 Å². The van der Waals surface area contributed by atoms with Crippen molar-refractivity contribution < 1.29 is 14.6 Å². The Bertz CT molecular complexity index is 474. The maximum absolute atomic E-state index is 11.9. The van der Waals surface area contributed by atoms with Crippen LogP contribution in [0.15, 0.2) is 24.3 Å². The van der Waals surface area contributed by atoms with Crippen LogP contribution in [0.5, 0.6) is 5.75 Å². The molecule has 0 radical (unpaired) electrons. The lowest BCUT2D eigenvalue weighted by atomic mass is 10.1. The molecule has 1 aromatic carbocycles. The minimum Gasteiger partial charge on any atom is -0.484 e. The second-order valence-electron chi connectivity index (χ2n) is 4.85. The van der Waals surface area contributed by atoms with Gasteiger partial charge in [0.15, 0.2) is 6.61 Å². The van der Waals surface area contributed by atoms with Crippen LogP contribution in [-0.4, -0.2) is 41.7 Å². The molecule has 1 N–H and O–H groups in total. The van der Waals surface area contributed by atoms with Gasteiger partial charge in [-0.2, -0.15) is 5.26 Å². The predicted molar refractivity (Wildman–Crippen MR) is 70.6 cm³/mol. The van der Waals surface area contributed by atoms with Crippen LogP contribution in [0.25, 0.3) is 0 Å². The number of likely N-dealkylation sites (N-methyl/N-ethyl adjacent to an activating group) is 1. The third-order valence-corrected chi connectivity index (χ3v) is 3.01. The molecule has 0 heterocycles. The van der Waals surface area contributed by atoms with Crippen molar-refractivity contribution in [2.75, 3.05) is 20.3 Å². The molecule has 0 spiro atoms. The van der Waals surface area contributed by atoms with Crippen molar-refractivity contribution in [2.45, 2.75) is 19.4 Å². The van der Waals surface area contributed by atoms with E-state index < -0.39 is 5.54 Å². The van der Waals surface area contributed by atoms with Crippen LogP contribution < -0.4 is 4.74 Å². The largest absolute Gasteiger partial charge is 0.484 e. The first kappa shape index (κ1) is 15.0. The normalized spacial score (nSPS) is 10.7. The van der Waals surface area contributed by atoms with E-state index in [-0.39, 0.29) is 19.1 Å². The summed E-state index contributed by atoms with van der Waals surface area (Å²) in [7, 11) is 1.63. The molecule has 0 aromatic heterocycles. The van der Waals surface area contributed by atoms with E-state index >= 15 is 0 Å². The summed E-state index contributed by atoms with van der Waals surface area (Å²) in [5.74, 6) is 0.311. The van der Waals surface area contributed by atoms with Crippen molar-refractivity contribution in [2.24, 2.45) is 0 Å². The van der Waals surface area contributed by atoms with Crippen LogP contribution in [0.1, 0.15) is 19.4 Å². The highest BCUT2D eigenvalue weighted by Gasteiger charge is 2.26. The summed E-state index contributed by atoms with van der Waals surface area (Å²) < 4.78 is 5.35. The molecule has 0 fully saturated rings. The zero-order valence-corrected chi connectivity index (χ0v) is 11.4. The van der Waals surface area contributed by atoms with Crippen LogP contribution in [-0.2, 0) is 4.79 Å². The van der Waals surface area contributed by atoms with Crippen molar-refractivity contribution in [1.82, 2.24) is 4.90 Å². The van der Waals surface area contributed by atoms with E-state index in [0.29, 0.717) is 11.3 Å². The number of hydrogen-bond donors (Lipinski definition) is 1. The van der Waals surface area contributed by atoms with E-state index in [1.807, 2.05) is 6.07 Å². The average Bonchev–Trinajstić information content (AvgIpc) is 2.44. The molecule has 0 saturated carbocycles. The van der Waals surface area contributed by atoms with Crippen LogP contribution in [0.4, 0.5) is 0 Å². The van der Waals surface area contributed by atoms with Gasteiger partial charge in [-0.05, 0) is 38.1 Å². The number of carbonyl (C=O) groups is 1. The Labute approximate surface area is 113 Å². The summed E-state index contributed by atoms with van der Waals surface area (Å²) in [6.45, 7) is 3.32. The van der Waals surface area contributed by atoms with E-state index in [4.69, 9.17) is 10.00 Å². The Hall–Kier alpha value is -2.06. The zero-order chi connectivity index (χ0) is 14.5. The molecule has 0 bridgehead atoms. The molecule has 0 aliphatic carbocycles. The first-order valence-corrected chi connectivity index (χ1v) is 5.91. The molecule has 1 rings (SSSR count). The maximum Gasteiger partial charge on any atom is 0.260 e. The van der Waals surface area contributed by atoms with Gasteiger partial charge >= 0.3 is 0 Å². The van der Waals surface area contributed by atoms with Gasteiger partial charge in [0, 0.05) is 7.05 Å². The standard InChI is InChI=1S/C14H18N2O3/c1-14(2,10-17)16(3)13(18)9-19-12-6-4-11(8-15)5-7-12/h4-7,17H,9-10H2,1-3H3. The Morgan fingerprint density at radius 2 is 2.00 bits per heavy atom. The number of carbonyl (C=O) groups excluding carboxylic acids is 1. The molecule has 5 nitrogen and oxygen atoms in total. The first-order chi connectivity index (χ1) is 8.90. The van der Waals surface area contributed by atoms with Gasteiger partial charge < -0.3 is 14.7 Å². The summed E-state index contributed by atoms with van der Waals surface area (Å²) in [6, 6.07) is 8.54. The van der Waals surface area contributed by atoms with Gasteiger partial charge in [0.25, 0.3) is 5.91 Å². The van der Waals surface area contributed by atoms with Crippen LogP contribution >= 0.6 is 0 Å². The molecular formula is C14H18N2O3. The minimum atomic E-state index is -0.620. The summed E-state index contributed by atoms with van der Waals surface area (Å²) in [5.41, 5.74) is -0.0808. The van der Waals surface area contributed by atoms with E-state index in [0.717, 1.165) is 0 Å². The maximum atomic E-state index is 11.9. The van der Waals surface area contributed by atoms with E-state index in [1.54, 1.807) is 45.2 Å². The molecule has 5 heteroatoms. The highest BCUT2D eigenvalue weighted by molar-refractivity contribution is 5.78. The molecule has 0 aliphatic heterocycles. The number of rotatable bonds is 5. The molecule has 102 valence electrons. The molecule has 0 saturated heterocycles. The number of aliphatic hydroxyl groups excluding tert-OH is 1. The number of benzene rings is 1. The van der Waals surface area contributed by atoms with E-state index in [9.17, 15) is 9.90 Å². The summed E-state index contributed by atoms with van der Waals surface area (Å²) in [5, 5.41) is 17.9. The Kier molecular flexibility index (Phi) is 4.90. The fourth-order valence-corrected chi connectivity index (χ4v) is 1.31. The Morgan fingerprint density at radius 3 is 2.47 bits per heavy atom. The van der Waals surface area contributed by atoms with Crippen molar-refractivity contribution in [3.05, 3.63) is 29.8 Å². The number of ether oxygens (including phenoxy) is 1. The Morgan fingerprint density at radius 1 is 1.42 bits per heavy atom. The molecule has 0 unspecified atom stereocenters. The average molecular weight is 262 g/mol. The molecule has 0 aliphatic rings. The number of nitriles is 1. The van der Waals surface area contributed by atoms with Gasteiger partial charge in [0.1, 0.15) is 5.75 Å². The molecule has 19 heavy (non-hydrogen) atoms. The Balaban J connectivity index is 2.57. The van der Waals surface area contributed by atoms with Crippen molar-refractivity contribution in [3.8, 4) is 11.8 Å². The summed E-state index contributed by atoms with van der Waals surface area (Å²) in [4.78, 5) is 13.3. The van der Waals surface area contributed by atoms with Crippen LogP contribution in [0, 0.1) is 11.3 Å². The summed E-state index contributed by atoms with van der Waals surface area (Å²) >= 11 is 0. The fourth-order valence-electron chi connectivity index (χ4n) is 1.31. The van der Waals surface area contributed by atoms with E-state index in [2.05, 4.69) is 0 Å². The monoisotopic (exact) mass is 262 g/mol. The van der Waals surface area contributed by atoms with Gasteiger partial charge in [0.2, 0.25) is 0 Å². The molecule has 1 amide bonds.